The van der Waals surface area contributed by atoms with Crippen LogP contribution in [0.5, 0.6) is 0 Å². The Hall–Kier alpha value is -4.07. The van der Waals surface area contributed by atoms with Crippen molar-refractivity contribution in [3.8, 4) is 23.0 Å². The van der Waals surface area contributed by atoms with Crippen molar-refractivity contribution in [2.24, 2.45) is 10.9 Å². The molecule has 0 unspecified atom stereocenters. The third kappa shape index (κ3) is 5.11. The normalized spacial score (nSPS) is 10.7. The summed E-state index contributed by atoms with van der Waals surface area (Å²) in [7, 11) is -3.85. The molecule has 2 aromatic carbocycles. The number of hydrogen-bond donors (Lipinski definition) is 4. The first-order valence-electron chi connectivity index (χ1n) is 8.83. The summed E-state index contributed by atoms with van der Waals surface area (Å²) in [6.07, 6.45) is 1.60. The molecule has 0 radical (unpaired) electrons. The first-order chi connectivity index (χ1) is 14.7. The Morgan fingerprint density at radius 1 is 1.10 bits per heavy atom. The molecule has 9 nitrogen and oxygen atoms in total. The van der Waals surface area contributed by atoms with Crippen LogP contribution in [0.25, 0.3) is 11.1 Å². The summed E-state index contributed by atoms with van der Waals surface area (Å²) in [5, 5.41) is 5.11. The zero-order valence-corrected chi connectivity index (χ0v) is 16.9. The van der Waals surface area contributed by atoms with Crippen LogP contribution in [0.2, 0.25) is 0 Å². The quantitative estimate of drug-likeness (QED) is 0.265. The van der Waals surface area contributed by atoms with Crippen LogP contribution in [0.15, 0.2) is 59.6 Å². The number of primary sulfonamides is 1. The van der Waals surface area contributed by atoms with Gasteiger partial charge < -0.3 is 21.2 Å². The summed E-state index contributed by atoms with van der Waals surface area (Å²) in [5.74, 6) is 4.19. The number of primary amides is 1. The van der Waals surface area contributed by atoms with Gasteiger partial charge in [0.2, 0.25) is 10.0 Å². The third-order valence-corrected chi connectivity index (χ3v) is 5.19. The van der Waals surface area contributed by atoms with Gasteiger partial charge in [0.05, 0.1) is 16.1 Å². The number of ether oxygens (including phenoxy) is 1. The Bertz CT molecular complexity index is 1300. The summed E-state index contributed by atoms with van der Waals surface area (Å²) in [4.78, 5) is 26.3. The molecule has 0 aliphatic carbocycles. The van der Waals surface area contributed by atoms with Gasteiger partial charge in [-0.2, -0.15) is 0 Å². The highest BCUT2D eigenvalue weighted by Crippen LogP contribution is 2.30. The summed E-state index contributed by atoms with van der Waals surface area (Å²) in [6.45, 7) is -0.174. The molecule has 0 spiro atoms. The number of rotatable bonds is 5. The first kappa shape index (κ1) is 21.6. The number of carbonyl (C=O) groups excluding carboxylic acids is 2. The molecule has 0 fully saturated rings. The van der Waals surface area contributed by atoms with Gasteiger partial charge in [-0.1, -0.05) is 24.0 Å². The van der Waals surface area contributed by atoms with Gasteiger partial charge in [0.15, 0.2) is 6.61 Å². The molecule has 1 amide bonds. The molecule has 0 aliphatic rings. The van der Waals surface area contributed by atoms with Gasteiger partial charge >= 0.3 is 5.97 Å². The standard InChI is InChI=1S/C21H18N4O5S/c22-19-16(14-5-7-15(8-6-14)31(24,28)29)11-13(12-17(19)20(23)26)3-2-10-30-21(27)18-4-1-9-25-18/h1,4-9,11-12,25H,10,22H2,(H2,23,26)(H2,24,28,29). The summed E-state index contributed by atoms with van der Waals surface area (Å²) in [5.41, 5.74) is 13.4. The molecular formula is C21H18N4O5S. The van der Waals surface area contributed by atoms with Crippen LogP contribution < -0.4 is 16.6 Å². The molecule has 158 valence electrons. The van der Waals surface area contributed by atoms with Crippen LogP contribution in [0.1, 0.15) is 26.4 Å². The highest BCUT2D eigenvalue weighted by molar-refractivity contribution is 7.89. The van der Waals surface area contributed by atoms with E-state index in [1.807, 2.05) is 0 Å². The SMILES string of the molecule is NC(=O)c1cc(C#CCOC(=O)c2ccc[nH]2)cc(-c2ccc(S(N)(=O)=O)cc2)c1N. The smallest absolute Gasteiger partial charge is 0.355 e. The van der Waals surface area contributed by atoms with Gasteiger partial charge in [0.25, 0.3) is 5.91 Å². The number of aromatic amines is 1. The van der Waals surface area contributed by atoms with Crippen LogP contribution in [0.3, 0.4) is 0 Å². The molecule has 31 heavy (non-hydrogen) atoms. The van der Waals surface area contributed by atoms with Crippen LogP contribution in [-0.2, 0) is 14.8 Å². The zero-order valence-electron chi connectivity index (χ0n) is 16.1. The Kier molecular flexibility index (Phi) is 6.10. The first-order valence-corrected chi connectivity index (χ1v) is 10.4. The van der Waals surface area contributed by atoms with Crippen molar-refractivity contribution in [3.05, 3.63) is 71.5 Å². The fourth-order valence-electron chi connectivity index (χ4n) is 2.77. The number of esters is 1. The second kappa shape index (κ2) is 8.74. The molecule has 3 rings (SSSR count). The van der Waals surface area contributed by atoms with E-state index in [2.05, 4.69) is 16.8 Å². The molecule has 0 atom stereocenters. The van der Waals surface area contributed by atoms with Gasteiger partial charge in [-0.3, -0.25) is 4.79 Å². The molecule has 0 saturated heterocycles. The minimum atomic E-state index is -3.85. The number of nitrogen functional groups attached to an aromatic ring is 1. The fourth-order valence-corrected chi connectivity index (χ4v) is 3.28. The van der Waals surface area contributed by atoms with E-state index in [1.54, 1.807) is 24.4 Å². The third-order valence-electron chi connectivity index (χ3n) is 4.27. The van der Waals surface area contributed by atoms with Gasteiger partial charge in [0.1, 0.15) is 5.69 Å². The molecule has 0 saturated carbocycles. The number of hydrogen-bond acceptors (Lipinski definition) is 6. The number of anilines is 1. The van der Waals surface area contributed by atoms with Crippen molar-refractivity contribution >= 4 is 27.6 Å². The van der Waals surface area contributed by atoms with E-state index in [4.69, 9.17) is 21.3 Å². The number of sulfonamides is 1. The van der Waals surface area contributed by atoms with Crippen LogP contribution in [-0.4, -0.2) is 31.9 Å². The lowest BCUT2D eigenvalue weighted by Crippen LogP contribution is -2.14. The fraction of sp³-hybridized carbons (Fsp3) is 0.0476. The van der Waals surface area contributed by atoms with Gasteiger partial charge in [0, 0.05) is 17.3 Å². The Morgan fingerprint density at radius 2 is 1.81 bits per heavy atom. The second-order valence-electron chi connectivity index (χ2n) is 6.38. The maximum absolute atomic E-state index is 11.8. The Balaban J connectivity index is 1.90. The highest BCUT2D eigenvalue weighted by Gasteiger charge is 2.15. The number of nitrogens with one attached hydrogen (secondary N) is 1. The minimum Gasteiger partial charge on any atom is -0.448 e. The maximum Gasteiger partial charge on any atom is 0.355 e. The lowest BCUT2D eigenvalue weighted by atomic mass is 9.97. The number of amides is 1. The van der Waals surface area contributed by atoms with Crippen molar-refractivity contribution < 1.29 is 22.7 Å². The number of carbonyl (C=O) groups is 2. The minimum absolute atomic E-state index is 0.0562. The molecule has 10 heteroatoms. The van der Waals surface area contributed by atoms with E-state index >= 15 is 0 Å². The van der Waals surface area contributed by atoms with Gasteiger partial charge in [-0.15, -0.1) is 0 Å². The highest BCUT2D eigenvalue weighted by atomic mass is 32.2. The zero-order chi connectivity index (χ0) is 22.6. The van der Waals surface area contributed by atoms with Gasteiger partial charge in [-0.05, 0) is 42.0 Å². The topological polar surface area (TPSA) is 171 Å². The lowest BCUT2D eigenvalue weighted by Gasteiger charge is -2.11. The molecule has 7 N–H and O–H groups in total. The van der Waals surface area contributed by atoms with Crippen molar-refractivity contribution in [1.82, 2.24) is 4.98 Å². The largest absolute Gasteiger partial charge is 0.448 e. The number of nitrogens with two attached hydrogens (primary N) is 3. The Labute approximate surface area is 178 Å². The average Bonchev–Trinajstić information content (AvgIpc) is 3.26. The monoisotopic (exact) mass is 438 g/mol. The predicted molar refractivity (Wildman–Crippen MR) is 114 cm³/mol. The molecule has 0 bridgehead atoms. The predicted octanol–water partition coefficient (Wildman–Crippen LogP) is 1.22. The summed E-state index contributed by atoms with van der Waals surface area (Å²) in [6, 6.07) is 11.9. The van der Waals surface area contributed by atoms with Crippen molar-refractivity contribution in [1.29, 1.82) is 0 Å². The van der Waals surface area contributed by atoms with E-state index in [0.717, 1.165) is 0 Å². The Morgan fingerprint density at radius 3 is 2.39 bits per heavy atom. The molecular weight excluding hydrogens is 420 g/mol. The molecule has 1 heterocycles. The van der Waals surface area contributed by atoms with Crippen LogP contribution in [0, 0.1) is 11.8 Å². The van der Waals surface area contributed by atoms with E-state index in [9.17, 15) is 18.0 Å². The van der Waals surface area contributed by atoms with Crippen molar-refractivity contribution in [3.63, 3.8) is 0 Å². The van der Waals surface area contributed by atoms with Crippen molar-refractivity contribution in [2.75, 3.05) is 12.3 Å². The maximum atomic E-state index is 11.8. The summed E-state index contributed by atoms with van der Waals surface area (Å²) >= 11 is 0. The number of benzene rings is 2. The van der Waals surface area contributed by atoms with Crippen LogP contribution >= 0.6 is 0 Å². The number of H-pyrrole nitrogens is 1. The van der Waals surface area contributed by atoms with E-state index < -0.39 is 21.9 Å². The van der Waals surface area contributed by atoms with E-state index in [1.165, 1.54) is 30.3 Å². The average molecular weight is 438 g/mol. The molecule has 0 aliphatic heterocycles. The van der Waals surface area contributed by atoms with E-state index in [-0.39, 0.29) is 22.8 Å². The van der Waals surface area contributed by atoms with Crippen molar-refractivity contribution in [2.45, 2.75) is 4.90 Å². The van der Waals surface area contributed by atoms with E-state index in [0.29, 0.717) is 22.4 Å². The molecule has 1 aromatic heterocycles. The lowest BCUT2D eigenvalue weighted by molar-refractivity contribution is 0.0550. The molecule has 3 aromatic rings. The van der Waals surface area contributed by atoms with Crippen LogP contribution in [0.4, 0.5) is 5.69 Å². The van der Waals surface area contributed by atoms with Gasteiger partial charge in [-0.25, -0.2) is 18.4 Å². The summed E-state index contributed by atoms with van der Waals surface area (Å²) < 4.78 is 27.9. The number of aromatic nitrogens is 1. The second-order valence-corrected chi connectivity index (χ2v) is 7.94.